The van der Waals surface area contributed by atoms with Gasteiger partial charge in [0.05, 0.1) is 28.8 Å². The molecule has 0 saturated carbocycles. The van der Waals surface area contributed by atoms with Crippen LogP contribution in [0.25, 0.3) is 0 Å². The van der Waals surface area contributed by atoms with E-state index in [1.807, 2.05) is 6.92 Å². The summed E-state index contributed by atoms with van der Waals surface area (Å²) in [5.41, 5.74) is 3.71. The standard InChI is InChI=1S/C20H19Cl2N3O3/c1-2-28-15-8-6-14(7-9-15)25-12-13(10-19(25)26)20(27)24-23-11-16-17(21)4-3-5-18(16)22/h3-9,11,13H,2,10,12H2,1H3,(H,24,27)/b23-11-/t13-/m1/s1. The first kappa shape index (κ1) is 20.2. The molecule has 2 amide bonds. The van der Waals surface area contributed by atoms with Crippen LogP contribution < -0.4 is 15.1 Å². The second kappa shape index (κ2) is 9.08. The first-order chi connectivity index (χ1) is 13.5. The number of amides is 2. The zero-order valence-electron chi connectivity index (χ0n) is 15.2. The number of anilines is 1. The number of carbonyl (C=O) groups excluding carboxylic acids is 2. The van der Waals surface area contributed by atoms with Gasteiger partial charge in [0, 0.05) is 24.2 Å². The summed E-state index contributed by atoms with van der Waals surface area (Å²) < 4.78 is 5.40. The smallest absolute Gasteiger partial charge is 0.245 e. The van der Waals surface area contributed by atoms with Gasteiger partial charge in [0.25, 0.3) is 0 Å². The lowest BCUT2D eigenvalue weighted by atomic mass is 10.1. The van der Waals surface area contributed by atoms with Crippen molar-refractivity contribution in [2.45, 2.75) is 13.3 Å². The van der Waals surface area contributed by atoms with Gasteiger partial charge in [-0.2, -0.15) is 5.10 Å². The van der Waals surface area contributed by atoms with Gasteiger partial charge in [0.1, 0.15) is 5.75 Å². The predicted octanol–water partition coefficient (Wildman–Crippen LogP) is 3.90. The molecule has 0 radical (unpaired) electrons. The van der Waals surface area contributed by atoms with Crippen molar-refractivity contribution in [3.63, 3.8) is 0 Å². The Kier molecular flexibility index (Phi) is 6.54. The molecule has 0 aliphatic carbocycles. The molecule has 1 fully saturated rings. The zero-order chi connectivity index (χ0) is 20.1. The van der Waals surface area contributed by atoms with Crippen molar-refractivity contribution in [2.24, 2.45) is 11.0 Å². The lowest BCUT2D eigenvalue weighted by Crippen LogP contribution is -2.30. The van der Waals surface area contributed by atoms with Gasteiger partial charge in [-0.1, -0.05) is 29.3 Å². The van der Waals surface area contributed by atoms with Crippen LogP contribution in [0.3, 0.4) is 0 Å². The number of halogens is 2. The monoisotopic (exact) mass is 419 g/mol. The van der Waals surface area contributed by atoms with Crippen molar-refractivity contribution < 1.29 is 14.3 Å². The highest BCUT2D eigenvalue weighted by molar-refractivity contribution is 6.38. The number of hydrogen-bond donors (Lipinski definition) is 1. The molecule has 0 bridgehead atoms. The molecule has 1 N–H and O–H groups in total. The van der Waals surface area contributed by atoms with E-state index in [0.29, 0.717) is 28.8 Å². The van der Waals surface area contributed by atoms with Crippen LogP contribution in [0.4, 0.5) is 5.69 Å². The summed E-state index contributed by atoms with van der Waals surface area (Å²) in [6.07, 6.45) is 1.52. The number of ether oxygens (including phenoxy) is 1. The van der Waals surface area contributed by atoms with Gasteiger partial charge in [0.15, 0.2) is 0 Å². The largest absolute Gasteiger partial charge is 0.494 e. The van der Waals surface area contributed by atoms with Gasteiger partial charge in [0.2, 0.25) is 11.8 Å². The minimum absolute atomic E-state index is 0.109. The van der Waals surface area contributed by atoms with Gasteiger partial charge < -0.3 is 9.64 Å². The van der Waals surface area contributed by atoms with E-state index >= 15 is 0 Å². The Hall–Kier alpha value is -2.57. The van der Waals surface area contributed by atoms with Crippen LogP contribution >= 0.6 is 23.2 Å². The molecule has 28 heavy (non-hydrogen) atoms. The highest BCUT2D eigenvalue weighted by Crippen LogP contribution is 2.27. The molecule has 3 rings (SSSR count). The first-order valence-electron chi connectivity index (χ1n) is 8.79. The second-order valence-corrected chi connectivity index (χ2v) is 7.02. The van der Waals surface area contributed by atoms with Crippen LogP contribution in [0.1, 0.15) is 18.9 Å². The third kappa shape index (κ3) is 4.64. The normalized spacial score (nSPS) is 16.6. The molecular weight excluding hydrogens is 401 g/mol. The molecule has 1 saturated heterocycles. The fourth-order valence-electron chi connectivity index (χ4n) is 2.91. The van der Waals surface area contributed by atoms with Gasteiger partial charge >= 0.3 is 0 Å². The molecule has 2 aromatic carbocycles. The molecule has 0 unspecified atom stereocenters. The average molecular weight is 420 g/mol. The van der Waals surface area contributed by atoms with E-state index in [9.17, 15) is 9.59 Å². The van der Waals surface area contributed by atoms with E-state index in [2.05, 4.69) is 10.5 Å². The maximum absolute atomic E-state index is 12.4. The Morgan fingerprint density at radius 3 is 2.57 bits per heavy atom. The fraction of sp³-hybridized carbons (Fsp3) is 0.250. The van der Waals surface area contributed by atoms with E-state index in [0.717, 1.165) is 11.4 Å². The highest BCUT2D eigenvalue weighted by atomic mass is 35.5. The van der Waals surface area contributed by atoms with Crippen LogP contribution in [-0.4, -0.2) is 31.2 Å². The number of carbonyl (C=O) groups is 2. The Bertz CT molecular complexity index is 880. The Morgan fingerprint density at radius 2 is 1.93 bits per heavy atom. The average Bonchev–Trinajstić information content (AvgIpc) is 3.07. The minimum Gasteiger partial charge on any atom is -0.494 e. The first-order valence-corrected chi connectivity index (χ1v) is 9.55. The number of nitrogens with one attached hydrogen (secondary N) is 1. The molecule has 1 aliphatic heterocycles. The van der Waals surface area contributed by atoms with Crippen molar-refractivity contribution in [1.82, 2.24) is 5.43 Å². The molecular formula is C20H19Cl2N3O3. The van der Waals surface area contributed by atoms with E-state index in [1.165, 1.54) is 6.21 Å². The number of benzene rings is 2. The topological polar surface area (TPSA) is 71.0 Å². The lowest BCUT2D eigenvalue weighted by molar-refractivity contribution is -0.126. The van der Waals surface area contributed by atoms with Crippen molar-refractivity contribution >= 4 is 46.9 Å². The SMILES string of the molecule is CCOc1ccc(N2C[C@H](C(=O)N/N=C\c3c(Cl)cccc3Cl)CC2=O)cc1. The van der Waals surface area contributed by atoms with Gasteiger partial charge in [-0.25, -0.2) is 5.43 Å². The molecule has 1 aliphatic rings. The fourth-order valence-corrected chi connectivity index (χ4v) is 3.40. The molecule has 0 spiro atoms. The lowest BCUT2D eigenvalue weighted by Gasteiger charge is -2.17. The summed E-state index contributed by atoms with van der Waals surface area (Å²) in [4.78, 5) is 26.3. The number of nitrogens with zero attached hydrogens (tertiary/aromatic N) is 2. The van der Waals surface area contributed by atoms with Crippen molar-refractivity contribution in [2.75, 3.05) is 18.1 Å². The molecule has 8 heteroatoms. The predicted molar refractivity (Wildman–Crippen MR) is 110 cm³/mol. The molecule has 1 heterocycles. The molecule has 146 valence electrons. The van der Waals surface area contributed by atoms with Crippen LogP contribution in [0, 0.1) is 5.92 Å². The van der Waals surface area contributed by atoms with E-state index in [-0.39, 0.29) is 18.2 Å². The third-order valence-corrected chi connectivity index (χ3v) is 4.98. The summed E-state index contributed by atoms with van der Waals surface area (Å²) in [7, 11) is 0. The van der Waals surface area contributed by atoms with E-state index in [1.54, 1.807) is 47.4 Å². The summed E-state index contributed by atoms with van der Waals surface area (Å²) in [5, 5.41) is 4.79. The second-order valence-electron chi connectivity index (χ2n) is 6.20. The van der Waals surface area contributed by atoms with Crippen molar-refractivity contribution in [3.05, 3.63) is 58.1 Å². The van der Waals surface area contributed by atoms with Crippen LogP contribution in [0.15, 0.2) is 47.6 Å². The third-order valence-electron chi connectivity index (χ3n) is 4.32. The van der Waals surface area contributed by atoms with Gasteiger partial charge in [-0.05, 0) is 43.3 Å². The molecule has 2 aromatic rings. The zero-order valence-corrected chi connectivity index (χ0v) is 16.7. The van der Waals surface area contributed by atoms with Crippen LogP contribution in [0.2, 0.25) is 10.0 Å². The molecule has 6 nitrogen and oxygen atoms in total. The summed E-state index contributed by atoms with van der Waals surface area (Å²) in [5.74, 6) is -0.193. The van der Waals surface area contributed by atoms with Crippen LogP contribution in [0.5, 0.6) is 5.75 Å². The maximum atomic E-state index is 12.4. The van der Waals surface area contributed by atoms with E-state index in [4.69, 9.17) is 27.9 Å². The molecule has 1 atom stereocenters. The summed E-state index contributed by atoms with van der Waals surface area (Å²) in [6.45, 7) is 2.77. The number of hydrazone groups is 1. The Morgan fingerprint density at radius 1 is 1.25 bits per heavy atom. The minimum atomic E-state index is -0.488. The van der Waals surface area contributed by atoms with Crippen LogP contribution in [-0.2, 0) is 9.59 Å². The highest BCUT2D eigenvalue weighted by Gasteiger charge is 2.35. The number of rotatable bonds is 6. The number of hydrogen-bond acceptors (Lipinski definition) is 4. The van der Waals surface area contributed by atoms with Crippen molar-refractivity contribution in [3.8, 4) is 5.75 Å². The maximum Gasteiger partial charge on any atom is 0.245 e. The van der Waals surface area contributed by atoms with Gasteiger partial charge in [-0.3, -0.25) is 9.59 Å². The quantitative estimate of drug-likeness (QED) is 0.569. The summed E-state index contributed by atoms with van der Waals surface area (Å²) >= 11 is 12.1. The van der Waals surface area contributed by atoms with E-state index < -0.39 is 5.92 Å². The van der Waals surface area contributed by atoms with Crippen molar-refractivity contribution in [1.29, 1.82) is 0 Å². The molecule has 0 aromatic heterocycles. The Balaban J connectivity index is 1.61. The summed E-state index contributed by atoms with van der Waals surface area (Å²) in [6, 6.07) is 12.3. The van der Waals surface area contributed by atoms with Gasteiger partial charge in [-0.15, -0.1) is 0 Å². The Labute approximate surface area is 173 Å².